The third-order valence-corrected chi connectivity index (χ3v) is 6.42. The third kappa shape index (κ3) is 2.82. The van der Waals surface area contributed by atoms with Gasteiger partial charge in [-0.15, -0.1) is 0 Å². The van der Waals surface area contributed by atoms with E-state index >= 15 is 0 Å². The minimum Gasteiger partial charge on any atom is -0.344 e. The highest BCUT2D eigenvalue weighted by Crippen LogP contribution is 2.45. The normalized spacial score (nSPS) is 22.4. The molecule has 0 aliphatic carbocycles. The number of aromatic nitrogens is 1. The van der Waals surface area contributed by atoms with Crippen molar-refractivity contribution in [2.75, 3.05) is 25.0 Å². The monoisotopic (exact) mass is 369 g/mol. The Kier molecular flexibility index (Phi) is 4.21. The van der Waals surface area contributed by atoms with Crippen LogP contribution in [0.1, 0.15) is 36.0 Å². The first-order chi connectivity index (χ1) is 13.6. The average molecular weight is 370 g/mol. The van der Waals surface area contributed by atoms with Gasteiger partial charge in [0.15, 0.2) is 0 Å². The zero-order valence-electron chi connectivity index (χ0n) is 16.9. The Balaban J connectivity index is 1.60. The van der Waals surface area contributed by atoms with Gasteiger partial charge >= 0.3 is 0 Å². The first-order valence-corrected chi connectivity index (χ1v) is 10.2. The van der Waals surface area contributed by atoms with Crippen LogP contribution < -0.4 is 4.90 Å². The standard InChI is InChI=1S/C25H27N3/c1-17-8-9-24-21(12-17)23-16-27(3)11-10-25(23)28(24)15-18(2)22-14-26-13-19-6-4-5-7-20(19)22/h4-9,12-15,23,25H,10-11,16H2,1-3H3/b18-15+. The van der Waals surface area contributed by atoms with Crippen molar-refractivity contribution in [1.29, 1.82) is 0 Å². The predicted octanol–water partition coefficient (Wildman–Crippen LogP) is 5.21. The topological polar surface area (TPSA) is 19.4 Å². The summed E-state index contributed by atoms with van der Waals surface area (Å²) >= 11 is 0. The quantitative estimate of drug-likeness (QED) is 0.618. The first-order valence-electron chi connectivity index (χ1n) is 10.2. The van der Waals surface area contributed by atoms with Gasteiger partial charge in [0.1, 0.15) is 0 Å². The van der Waals surface area contributed by atoms with Crippen LogP contribution in [0.4, 0.5) is 5.69 Å². The molecule has 3 heterocycles. The molecule has 0 spiro atoms. The molecule has 0 saturated carbocycles. The minimum absolute atomic E-state index is 0.547. The SMILES string of the molecule is C/C(=C\N1c2ccc(C)cc2C2CN(C)CCC21)c1cncc2ccccc12. The second-order valence-electron chi connectivity index (χ2n) is 8.41. The summed E-state index contributed by atoms with van der Waals surface area (Å²) in [5.74, 6) is 0.586. The molecule has 2 unspecified atom stereocenters. The van der Waals surface area contributed by atoms with Gasteiger partial charge in [0.25, 0.3) is 0 Å². The summed E-state index contributed by atoms with van der Waals surface area (Å²) < 4.78 is 0. The largest absolute Gasteiger partial charge is 0.344 e. The number of aryl methyl sites for hydroxylation is 1. The van der Waals surface area contributed by atoms with Crippen molar-refractivity contribution in [3.63, 3.8) is 0 Å². The lowest BCUT2D eigenvalue weighted by Crippen LogP contribution is -2.43. The molecule has 28 heavy (non-hydrogen) atoms. The number of hydrogen-bond acceptors (Lipinski definition) is 3. The Bertz CT molecular complexity index is 1060. The molecule has 2 aliphatic heterocycles. The Morgan fingerprint density at radius 2 is 2.00 bits per heavy atom. The van der Waals surface area contributed by atoms with Gasteiger partial charge < -0.3 is 9.80 Å². The number of nitrogens with zero attached hydrogens (tertiary/aromatic N) is 3. The second kappa shape index (κ2) is 6.75. The van der Waals surface area contributed by atoms with E-state index in [1.165, 1.54) is 45.1 Å². The summed E-state index contributed by atoms with van der Waals surface area (Å²) in [6, 6.07) is 16.0. The van der Waals surface area contributed by atoms with Crippen molar-refractivity contribution in [2.24, 2.45) is 0 Å². The summed E-state index contributed by atoms with van der Waals surface area (Å²) in [7, 11) is 2.25. The smallest absolute Gasteiger partial charge is 0.0445 e. The van der Waals surface area contributed by atoms with Gasteiger partial charge in [-0.2, -0.15) is 0 Å². The Morgan fingerprint density at radius 1 is 1.14 bits per heavy atom. The van der Waals surface area contributed by atoms with E-state index in [0.717, 1.165) is 13.1 Å². The molecule has 2 aliphatic rings. The fourth-order valence-corrected chi connectivity index (χ4v) is 5.00. The molecule has 0 bridgehead atoms. The average Bonchev–Trinajstić information content (AvgIpc) is 2.99. The van der Waals surface area contributed by atoms with E-state index in [0.29, 0.717) is 12.0 Å². The lowest BCUT2D eigenvalue weighted by atomic mass is 9.89. The van der Waals surface area contributed by atoms with E-state index in [1.54, 1.807) is 0 Å². The highest BCUT2D eigenvalue weighted by Gasteiger charge is 2.40. The number of anilines is 1. The molecule has 142 valence electrons. The third-order valence-electron chi connectivity index (χ3n) is 6.42. The van der Waals surface area contributed by atoms with Crippen molar-refractivity contribution in [3.05, 3.63) is 77.7 Å². The van der Waals surface area contributed by atoms with Gasteiger partial charge in [-0.3, -0.25) is 4.98 Å². The molecule has 5 rings (SSSR count). The molecule has 1 fully saturated rings. The number of hydrogen-bond donors (Lipinski definition) is 0. The van der Waals surface area contributed by atoms with Crippen LogP contribution >= 0.6 is 0 Å². The molecular formula is C25H27N3. The van der Waals surface area contributed by atoms with Crippen molar-refractivity contribution in [2.45, 2.75) is 32.2 Å². The van der Waals surface area contributed by atoms with Crippen LogP contribution in [-0.4, -0.2) is 36.1 Å². The summed E-state index contributed by atoms with van der Waals surface area (Å²) in [4.78, 5) is 9.51. The van der Waals surface area contributed by atoms with Gasteiger partial charge in [0, 0.05) is 53.7 Å². The van der Waals surface area contributed by atoms with Gasteiger partial charge in [0.05, 0.1) is 0 Å². The fourth-order valence-electron chi connectivity index (χ4n) is 5.00. The number of rotatable bonds is 2. The number of likely N-dealkylation sites (N-methyl/N-ethyl adjacent to an activating group) is 1. The molecule has 2 atom stereocenters. The van der Waals surface area contributed by atoms with Gasteiger partial charge in [-0.05, 0) is 56.4 Å². The van der Waals surface area contributed by atoms with E-state index in [4.69, 9.17) is 0 Å². The molecule has 3 heteroatoms. The van der Waals surface area contributed by atoms with Crippen molar-refractivity contribution >= 4 is 22.0 Å². The molecule has 3 aromatic rings. The van der Waals surface area contributed by atoms with Crippen molar-refractivity contribution in [1.82, 2.24) is 9.88 Å². The number of likely N-dealkylation sites (tertiary alicyclic amines) is 1. The maximum Gasteiger partial charge on any atom is 0.0445 e. The van der Waals surface area contributed by atoms with E-state index in [9.17, 15) is 0 Å². The summed E-state index contributed by atoms with van der Waals surface area (Å²) in [6.45, 7) is 6.72. The minimum atomic E-state index is 0.547. The van der Waals surface area contributed by atoms with E-state index < -0.39 is 0 Å². The summed E-state index contributed by atoms with van der Waals surface area (Å²) in [5.41, 5.74) is 6.74. The molecule has 1 saturated heterocycles. The van der Waals surface area contributed by atoms with Crippen LogP contribution in [0.5, 0.6) is 0 Å². The molecule has 1 aromatic heterocycles. The molecule has 2 aromatic carbocycles. The maximum absolute atomic E-state index is 4.49. The molecule has 0 amide bonds. The molecule has 0 N–H and O–H groups in total. The highest BCUT2D eigenvalue weighted by molar-refractivity contribution is 5.93. The van der Waals surface area contributed by atoms with Crippen LogP contribution in [0.25, 0.3) is 16.3 Å². The van der Waals surface area contributed by atoms with Crippen molar-refractivity contribution < 1.29 is 0 Å². The number of allylic oxidation sites excluding steroid dienone is 1. The zero-order chi connectivity index (χ0) is 19.3. The Hall–Kier alpha value is -2.65. The van der Waals surface area contributed by atoms with Gasteiger partial charge in [-0.25, -0.2) is 0 Å². The number of benzene rings is 2. The van der Waals surface area contributed by atoms with Crippen LogP contribution in [0.15, 0.2) is 61.1 Å². The van der Waals surface area contributed by atoms with Crippen LogP contribution in [0, 0.1) is 6.92 Å². The molecule has 0 radical (unpaired) electrons. The Labute approximate surface area is 167 Å². The second-order valence-corrected chi connectivity index (χ2v) is 8.41. The van der Waals surface area contributed by atoms with E-state index in [2.05, 4.69) is 84.3 Å². The lowest BCUT2D eigenvalue weighted by molar-refractivity contribution is 0.235. The lowest BCUT2D eigenvalue weighted by Gasteiger charge is -2.36. The zero-order valence-corrected chi connectivity index (χ0v) is 16.9. The summed E-state index contributed by atoms with van der Waals surface area (Å²) in [5, 5.41) is 2.47. The molecule has 3 nitrogen and oxygen atoms in total. The van der Waals surface area contributed by atoms with Gasteiger partial charge in [0.2, 0.25) is 0 Å². The van der Waals surface area contributed by atoms with Crippen LogP contribution in [-0.2, 0) is 0 Å². The van der Waals surface area contributed by atoms with E-state index in [1.807, 2.05) is 12.4 Å². The number of piperidine rings is 1. The predicted molar refractivity (Wildman–Crippen MR) is 118 cm³/mol. The fraction of sp³-hybridized carbons (Fsp3) is 0.320. The number of fused-ring (bicyclic) bond motifs is 4. The number of pyridine rings is 1. The highest BCUT2D eigenvalue weighted by atomic mass is 15.2. The summed E-state index contributed by atoms with van der Waals surface area (Å²) in [6.07, 6.45) is 7.53. The molecular weight excluding hydrogens is 342 g/mol. The van der Waals surface area contributed by atoms with Gasteiger partial charge in [-0.1, -0.05) is 42.0 Å². The van der Waals surface area contributed by atoms with E-state index in [-0.39, 0.29) is 0 Å². The Morgan fingerprint density at radius 3 is 2.89 bits per heavy atom. The maximum atomic E-state index is 4.49. The van der Waals surface area contributed by atoms with Crippen LogP contribution in [0.3, 0.4) is 0 Å². The van der Waals surface area contributed by atoms with Crippen LogP contribution in [0.2, 0.25) is 0 Å². The van der Waals surface area contributed by atoms with Crippen molar-refractivity contribution in [3.8, 4) is 0 Å². The first kappa shape index (κ1) is 17.4.